The SMILES string of the molecule is CC1CC(C)(C)NC2CCC(CC3CCCCC3)CC12. The van der Waals surface area contributed by atoms with Crippen molar-refractivity contribution in [2.45, 2.75) is 96.6 Å². The molecule has 3 rings (SSSR count). The highest BCUT2D eigenvalue weighted by Crippen LogP contribution is 2.44. The van der Waals surface area contributed by atoms with Gasteiger partial charge in [0.1, 0.15) is 0 Å². The topological polar surface area (TPSA) is 12.0 Å². The zero-order chi connectivity index (χ0) is 14.2. The van der Waals surface area contributed by atoms with E-state index in [-0.39, 0.29) is 0 Å². The second-order valence-corrected chi connectivity index (χ2v) is 8.90. The van der Waals surface area contributed by atoms with Crippen molar-refractivity contribution in [2.75, 3.05) is 0 Å². The van der Waals surface area contributed by atoms with E-state index in [9.17, 15) is 0 Å². The summed E-state index contributed by atoms with van der Waals surface area (Å²) in [5, 5.41) is 3.95. The van der Waals surface area contributed by atoms with Gasteiger partial charge >= 0.3 is 0 Å². The Balaban J connectivity index is 1.55. The van der Waals surface area contributed by atoms with Crippen LogP contribution in [0.5, 0.6) is 0 Å². The molecule has 1 nitrogen and oxygen atoms in total. The summed E-state index contributed by atoms with van der Waals surface area (Å²) >= 11 is 0. The molecule has 0 amide bonds. The quantitative estimate of drug-likeness (QED) is 0.736. The van der Waals surface area contributed by atoms with Gasteiger partial charge in [-0.15, -0.1) is 0 Å². The Labute approximate surface area is 126 Å². The van der Waals surface area contributed by atoms with E-state index in [2.05, 4.69) is 26.1 Å². The smallest absolute Gasteiger partial charge is 0.0130 e. The molecular weight excluding hydrogens is 242 g/mol. The second-order valence-electron chi connectivity index (χ2n) is 8.90. The molecule has 0 radical (unpaired) electrons. The molecule has 2 saturated carbocycles. The van der Waals surface area contributed by atoms with Crippen LogP contribution in [0.3, 0.4) is 0 Å². The highest BCUT2D eigenvalue weighted by molar-refractivity contribution is 4.98. The van der Waals surface area contributed by atoms with Crippen LogP contribution in [0.2, 0.25) is 0 Å². The molecule has 1 saturated heterocycles. The number of rotatable bonds is 2. The largest absolute Gasteiger partial charge is 0.309 e. The average molecular weight is 277 g/mol. The van der Waals surface area contributed by atoms with Crippen molar-refractivity contribution in [3.05, 3.63) is 0 Å². The number of piperidine rings is 1. The number of nitrogens with one attached hydrogen (secondary N) is 1. The molecule has 2 aliphatic carbocycles. The van der Waals surface area contributed by atoms with Crippen LogP contribution in [0.25, 0.3) is 0 Å². The molecule has 1 heteroatoms. The molecule has 20 heavy (non-hydrogen) atoms. The molecule has 0 aromatic heterocycles. The molecule has 0 spiro atoms. The van der Waals surface area contributed by atoms with Gasteiger partial charge in [-0.25, -0.2) is 0 Å². The second kappa shape index (κ2) is 5.99. The lowest BCUT2D eigenvalue weighted by atomic mass is 9.64. The standard InChI is InChI=1S/C19H35N/c1-14-13-19(2,3)20-18-10-9-16(12-17(14)18)11-15-7-5-4-6-8-15/h14-18,20H,4-13H2,1-3H3. The Hall–Kier alpha value is -0.0400. The van der Waals surface area contributed by atoms with Crippen molar-refractivity contribution in [2.24, 2.45) is 23.7 Å². The van der Waals surface area contributed by atoms with Crippen LogP contribution in [-0.2, 0) is 0 Å². The minimum absolute atomic E-state index is 0.372. The summed E-state index contributed by atoms with van der Waals surface area (Å²) in [6.07, 6.45) is 15.0. The summed E-state index contributed by atoms with van der Waals surface area (Å²) in [7, 11) is 0. The third-order valence-corrected chi connectivity index (χ3v) is 6.54. The number of hydrogen-bond donors (Lipinski definition) is 1. The first-order valence-electron chi connectivity index (χ1n) is 9.31. The van der Waals surface area contributed by atoms with E-state index in [1.807, 2.05) is 0 Å². The Kier molecular flexibility index (Phi) is 4.45. The zero-order valence-corrected chi connectivity index (χ0v) is 14.0. The maximum atomic E-state index is 3.95. The van der Waals surface area contributed by atoms with Crippen molar-refractivity contribution in [1.29, 1.82) is 0 Å². The molecule has 1 aliphatic heterocycles. The minimum Gasteiger partial charge on any atom is -0.309 e. The zero-order valence-electron chi connectivity index (χ0n) is 14.0. The maximum absolute atomic E-state index is 3.95. The first kappa shape index (κ1) is 14.9. The molecule has 1 N–H and O–H groups in total. The van der Waals surface area contributed by atoms with E-state index in [0.717, 1.165) is 29.7 Å². The molecule has 1 heterocycles. The fourth-order valence-electron chi connectivity index (χ4n) is 5.73. The fourth-order valence-corrected chi connectivity index (χ4v) is 5.73. The van der Waals surface area contributed by atoms with E-state index in [4.69, 9.17) is 0 Å². The lowest BCUT2D eigenvalue weighted by molar-refractivity contribution is 0.0535. The summed E-state index contributed by atoms with van der Waals surface area (Å²) in [5.41, 5.74) is 0.372. The van der Waals surface area contributed by atoms with Crippen molar-refractivity contribution in [1.82, 2.24) is 5.32 Å². The Morgan fingerprint density at radius 1 is 0.950 bits per heavy atom. The normalized spacial score (nSPS) is 42.1. The van der Waals surface area contributed by atoms with Gasteiger partial charge in [-0.05, 0) is 69.6 Å². The van der Waals surface area contributed by atoms with Gasteiger partial charge in [-0.2, -0.15) is 0 Å². The van der Waals surface area contributed by atoms with E-state index in [1.54, 1.807) is 6.42 Å². The molecule has 0 aromatic carbocycles. The van der Waals surface area contributed by atoms with Crippen LogP contribution in [-0.4, -0.2) is 11.6 Å². The van der Waals surface area contributed by atoms with Crippen LogP contribution in [0, 0.1) is 23.7 Å². The molecule has 0 bridgehead atoms. The monoisotopic (exact) mass is 277 g/mol. The van der Waals surface area contributed by atoms with Gasteiger partial charge in [0, 0.05) is 11.6 Å². The van der Waals surface area contributed by atoms with Crippen molar-refractivity contribution < 1.29 is 0 Å². The predicted octanol–water partition coefficient (Wildman–Crippen LogP) is 5.15. The summed E-state index contributed by atoms with van der Waals surface area (Å²) in [5.74, 6) is 4.01. The van der Waals surface area contributed by atoms with Crippen molar-refractivity contribution in [3.63, 3.8) is 0 Å². The van der Waals surface area contributed by atoms with Crippen molar-refractivity contribution in [3.8, 4) is 0 Å². The predicted molar refractivity (Wildman–Crippen MR) is 86.8 cm³/mol. The van der Waals surface area contributed by atoms with Gasteiger partial charge in [-0.3, -0.25) is 0 Å². The first-order valence-corrected chi connectivity index (χ1v) is 9.31. The van der Waals surface area contributed by atoms with Gasteiger partial charge in [0.15, 0.2) is 0 Å². The van der Waals surface area contributed by atoms with E-state index < -0.39 is 0 Å². The van der Waals surface area contributed by atoms with Crippen LogP contribution < -0.4 is 5.32 Å². The van der Waals surface area contributed by atoms with Crippen LogP contribution in [0.1, 0.15) is 85.0 Å². The van der Waals surface area contributed by atoms with Crippen LogP contribution >= 0.6 is 0 Å². The van der Waals surface area contributed by atoms with Crippen LogP contribution in [0.15, 0.2) is 0 Å². The number of fused-ring (bicyclic) bond motifs is 1. The van der Waals surface area contributed by atoms with Gasteiger partial charge in [-0.1, -0.05) is 39.0 Å². The Morgan fingerprint density at radius 3 is 2.45 bits per heavy atom. The Morgan fingerprint density at radius 2 is 1.70 bits per heavy atom. The number of hydrogen-bond acceptors (Lipinski definition) is 1. The minimum atomic E-state index is 0.372. The van der Waals surface area contributed by atoms with E-state index >= 15 is 0 Å². The molecule has 3 fully saturated rings. The molecule has 3 aliphatic rings. The Bertz CT molecular complexity index is 316. The summed E-state index contributed by atoms with van der Waals surface area (Å²) in [6, 6.07) is 0.816. The highest BCUT2D eigenvalue weighted by atomic mass is 15.0. The third kappa shape index (κ3) is 3.40. The lowest BCUT2D eigenvalue weighted by Crippen LogP contribution is -2.58. The summed E-state index contributed by atoms with van der Waals surface area (Å²) in [4.78, 5) is 0. The summed E-state index contributed by atoms with van der Waals surface area (Å²) in [6.45, 7) is 7.31. The lowest BCUT2D eigenvalue weighted by Gasteiger charge is -2.50. The van der Waals surface area contributed by atoms with E-state index in [0.29, 0.717) is 5.54 Å². The summed E-state index contributed by atoms with van der Waals surface area (Å²) < 4.78 is 0. The third-order valence-electron chi connectivity index (χ3n) is 6.54. The molecule has 116 valence electrons. The van der Waals surface area contributed by atoms with Gasteiger partial charge in [0.2, 0.25) is 0 Å². The maximum Gasteiger partial charge on any atom is 0.0130 e. The highest BCUT2D eigenvalue weighted by Gasteiger charge is 2.42. The molecule has 4 atom stereocenters. The average Bonchev–Trinajstić information content (AvgIpc) is 2.40. The van der Waals surface area contributed by atoms with E-state index in [1.165, 1.54) is 57.8 Å². The van der Waals surface area contributed by atoms with Gasteiger partial charge in [0.25, 0.3) is 0 Å². The molecule has 0 aromatic rings. The first-order chi connectivity index (χ1) is 9.53. The molecular formula is C19H35N. The molecule has 4 unspecified atom stereocenters. The van der Waals surface area contributed by atoms with Crippen molar-refractivity contribution >= 4 is 0 Å². The van der Waals surface area contributed by atoms with Gasteiger partial charge < -0.3 is 5.32 Å². The van der Waals surface area contributed by atoms with Crippen LogP contribution in [0.4, 0.5) is 0 Å². The fraction of sp³-hybridized carbons (Fsp3) is 1.00. The van der Waals surface area contributed by atoms with Gasteiger partial charge in [0.05, 0.1) is 0 Å².